The van der Waals surface area contributed by atoms with E-state index in [2.05, 4.69) is 68.4 Å². The highest BCUT2D eigenvalue weighted by Gasteiger charge is 2.23. The summed E-state index contributed by atoms with van der Waals surface area (Å²) in [7, 11) is 4.04. The third kappa shape index (κ3) is 4.36. The lowest BCUT2D eigenvalue weighted by Gasteiger charge is -2.33. The highest BCUT2D eigenvalue weighted by molar-refractivity contribution is 6.29. The van der Waals surface area contributed by atoms with E-state index in [9.17, 15) is 0 Å². The van der Waals surface area contributed by atoms with E-state index in [0.717, 1.165) is 76.7 Å². The number of nitrogens with zero attached hydrogens (tertiary/aromatic N) is 9. The van der Waals surface area contributed by atoms with Gasteiger partial charge in [-0.25, -0.2) is 9.97 Å². The van der Waals surface area contributed by atoms with Crippen molar-refractivity contribution in [2.24, 2.45) is 7.05 Å². The highest BCUT2D eigenvalue weighted by atomic mass is 35.5. The molecule has 1 unspecified atom stereocenters. The molecule has 37 heavy (non-hydrogen) atoms. The molecule has 4 aromatic heterocycles. The van der Waals surface area contributed by atoms with Crippen LogP contribution in [0, 0.1) is 6.92 Å². The number of hydrogen-bond donors (Lipinski definition) is 1. The maximum absolute atomic E-state index is 6.27. The molecule has 0 amide bonds. The zero-order chi connectivity index (χ0) is 25.7. The van der Waals surface area contributed by atoms with Crippen LogP contribution in [0.1, 0.15) is 24.1 Å². The summed E-state index contributed by atoms with van der Waals surface area (Å²) in [6.45, 7) is 8.03. The van der Waals surface area contributed by atoms with Crippen molar-refractivity contribution in [1.29, 1.82) is 0 Å². The number of fused-ring (bicyclic) bond motifs is 3. The molecule has 1 atom stereocenters. The van der Waals surface area contributed by atoms with E-state index < -0.39 is 0 Å². The minimum absolute atomic E-state index is 0.0704. The van der Waals surface area contributed by atoms with Crippen molar-refractivity contribution in [1.82, 2.24) is 39.2 Å². The van der Waals surface area contributed by atoms with Gasteiger partial charge in [0.05, 0.1) is 29.1 Å². The van der Waals surface area contributed by atoms with Gasteiger partial charge in [0.2, 0.25) is 5.95 Å². The van der Waals surface area contributed by atoms with Gasteiger partial charge in [0.1, 0.15) is 11.5 Å². The minimum Gasteiger partial charge on any atom is -0.377 e. The molecule has 1 aliphatic rings. The summed E-state index contributed by atoms with van der Waals surface area (Å²) < 4.78 is 3.77. The third-order valence-corrected chi connectivity index (χ3v) is 7.17. The van der Waals surface area contributed by atoms with Gasteiger partial charge in [-0.2, -0.15) is 5.10 Å². The molecule has 1 saturated heterocycles. The van der Waals surface area contributed by atoms with Gasteiger partial charge in [0.25, 0.3) is 0 Å². The van der Waals surface area contributed by atoms with Gasteiger partial charge >= 0.3 is 0 Å². The van der Waals surface area contributed by atoms with Gasteiger partial charge in [0, 0.05) is 55.9 Å². The molecule has 0 radical (unpaired) electrons. The molecule has 11 heteroatoms. The lowest BCUT2D eigenvalue weighted by molar-refractivity contribution is 0.311. The lowest BCUT2D eigenvalue weighted by Crippen LogP contribution is -2.45. The number of nitrogens with one attached hydrogen (secondary N) is 1. The van der Waals surface area contributed by atoms with E-state index in [4.69, 9.17) is 16.6 Å². The van der Waals surface area contributed by atoms with Crippen LogP contribution in [0.3, 0.4) is 0 Å². The first-order valence-electron chi connectivity index (χ1n) is 12.4. The Hall–Kier alpha value is -3.76. The van der Waals surface area contributed by atoms with Crippen molar-refractivity contribution >= 4 is 39.8 Å². The van der Waals surface area contributed by atoms with E-state index >= 15 is 0 Å². The number of pyridine rings is 1. The number of benzene rings is 1. The molecule has 5 heterocycles. The number of aryl methyl sites for hydroxylation is 2. The molecule has 0 spiro atoms. The summed E-state index contributed by atoms with van der Waals surface area (Å²) in [6, 6.07) is 8.03. The molecule has 1 fully saturated rings. The smallest absolute Gasteiger partial charge is 0.213 e. The van der Waals surface area contributed by atoms with Crippen LogP contribution >= 0.6 is 11.6 Å². The Morgan fingerprint density at radius 1 is 1.05 bits per heavy atom. The van der Waals surface area contributed by atoms with E-state index in [1.54, 1.807) is 23.3 Å². The molecule has 190 valence electrons. The Labute approximate surface area is 219 Å². The fourth-order valence-electron chi connectivity index (χ4n) is 5.01. The van der Waals surface area contributed by atoms with Crippen LogP contribution in [-0.2, 0) is 7.05 Å². The average Bonchev–Trinajstić information content (AvgIpc) is 3.54. The Bertz CT molecular complexity index is 1600. The molecule has 0 aliphatic carbocycles. The third-order valence-electron chi connectivity index (χ3n) is 6.96. The van der Waals surface area contributed by atoms with Crippen molar-refractivity contribution in [3.8, 4) is 11.3 Å². The fourth-order valence-corrected chi connectivity index (χ4v) is 5.15. The zero-order valence-corrected chi connectivity index (χ0v) is 22.1. The Balaban J connectivity index is 1.45. The van der Waals surface area contributed by atoms with E-state index in [0.29, 0.717) is 5.15 Å². The van der Waals surface area contributed by atoms with Crippen molar-refractivity contribution in [2.75, 3.05) is 43.4 Å². The fraction of sp³-hybridized carbons (Fsp3) is 0.346. The Morgan fingerprint density at radius 3 is 2.62 bits per heavy atom. The molecular weight excluding hydrogens is 488 g/mol. The number of halogens is 1. The van der Waals surface area contributed by atoms with E-state index in [1.807, 2.05) is 23.7 Å². The van der Waals surface area contributed by atoms with Crippen LogP contribution < -0.4 is 10.2 Å². The second-order valence-electron chi connectivity index (χ2n) is 9.78. The van der Waals surface area contributed by atoms with Gasteiger partial charge in [0.15, 0.2) is 5.65 Å². The molecule has 0 bridgehead atoms. The first kappa shape index (κ1) is 23.6. The summed E-state index contributed by atoms with van der Waals surface area (Å²) in [5, 5.41) is 18.1. The molecule has 0 saturated carbocycles. The van der Waals surface area contributed by atoms with E-state index in [-0.39, 0.29) is 6.04 Å². The second kappa shape index (κ2) is 9.28. The predicted molar refractivity (Wildman–Crippen MR) is 146 cm³/mol. The van der Waals surface area contributed by atoms with Crippen molar-refractivity contribution in [3.05, 3.63) is 59.3 Å². The molecule has 10 nitrogen and oxygen atoms in total. The summed E-state index contributed by atoms with van der Waals surface area (Å²) in [4.78, 5) is 14.5. The normalized spacial score (nSPS) is 15.5. The Morgan fingerprint density at radius 2 is 1.86 bits per heavy atom. The molecule has 1 N–H and O–H groups in total. The van der Waals surface area contributed by atoms with Crippen LogP contribution in [0.15, 0.2) is 43.0 Å². The SMILES string of the molecule is Cc1cc(C(C)Nc2ccc(Cl)nc2-c2cnn(C)c2)c2nc(N3CCN(C)CC3)n3cnnc3c2c1. The second-order valence-corrected chi connectivity index (χ2v) is 10.2. The van der Waals surface area contributed by atoms with Crippen LogP contribution in [0.4, 0.5) is 11.6 Å². The number of likely N-dealkylation sites (N-methyl/N-ethyl adjacent to an activating group) is 1. The van der Waals surface area contributed by atoms with Crippen LogP contribution in [-0.4, -0.2) is 72.5 Å². The average molecular weight is 517 g/mol. The number of piperazine rings is 1. The van der Waals surface area contributed by atoms with Gasteiger partial charge in [-0.15, -0.1) is 10.2 Å². The lowest BCUT2D eigenvalue weighted by atomic mass is 10.0. The number of aromatic nitrogens is 7. The van der Waals surface area contributed by atoms with Gasteiger partial charge in [-0.3, -0.25) is 9.08 Å². The summed E-state index contributed by atoms with van der Waals surface area (Å²) in [6.07, 6.45) is 5.49. The van der Waals surface area contributed by atoms with Gasteiger partial charge in [-0.05, 0) is 44.7 Å². The van der Waals surface area contributed by atoms with Gasteiger partial charge < -0.3 is 15.1 Å². The highest BCUT2D eigenvalue weighted by Crippen LogP contribution is 2.34. The van der Waals surface area contributed by atoms with Gasteiger partial charge in [-0.1, -0.05) is 17.7 Å². The largest absolute Gasteiger partial charge is 0.377 e. The molecule has 5 aromatic rings. The summed E-state index contributed by atoms with van der Waals surface area (Å²) in [5.41, 5.74) is 6.50. The first-order chi connectivity index (χ1) is 17.9. The summed E-state index contributed by atoms with van der Waals surface area (Å²) >= 11 is 6.27. The number of anilines is 2. The van der Waals surface area contributed by atoms with Crippen molar-refractivity contribution < 1.29 is 0 Å². The monoisotopic (exact) mass is 516 g/mol. The molecular formula is C26H29ClN10. The van der Waals surface area contributed by atoms with Crippen molar-refractivity contribution in [3.63, 3.8) is 0 Å². The zero-order valence-electron chi connectivity index (χ0n) is 21.4. The molecule has 6 rings (SSSR count). The topological polar surface area (TPSA) is 92.3 Å². The summed E-state index contributed by atoms with van der Waals surface area (Å²) in [5.74, 6) is 0.877. The quantitative estimate of drug-likeness (QED) is 0.351. The van der Waals surface area contributed by atoms with E-state index in [1.165, 1.54) is 0 Å². The predicted octanol–water partition coefficient (Wildman–Crippen LogP) is 3.96. The maximum Gasteiger partial charge on any atom is 0.213 e. The minimum atomic E-state index is -0.0704. The number of rotatable bonds is 5. The molecule has 1 aliphatic heterocycles. The number of hydrogen-bond acceptors (Lipinski definition) is 8. The van der Waals surface area contributed by atoms with Crippen LogP contribution in [0.2, 0.25) is 5.15 Å². The maximum atomic E-state index is 6.27. The Kier molecular flexibility index (Phi) is 5.92. The standard InChI is InChI=1S/C26H29ClN10/c1-16-11-19(17(2)30-21-5-6-22(27)31-23(21)18-13-29-35(4)14-18)24-20(12-16)25-33-28-15-37(25)26(32-24)36-9-7-34(3)8-10-36/h5-6,11-15,17,30H,7-10H2,1-4H3. The van der Waals surface area contributed by atoms with Crippen molar-refractivity contribution in [2.45, 2.75) is 19.9 Å². The molecule has 1 aromatic carbocycles. The van der Waals surface area contributed by atoms with Crippen LogP contribution in [0.5, 0.6) is 0 Å². The van der Waals surface area contributed by atoms with Crippen LogP contribution in [0.25, 0.3) is 27.8 Å². The first-order valence-corrected chi connectivity index (χ1v) is 12.7.